The highest BCUT2D eigenvalue weighted by atomic mass is 19.4. The smallest absolute Gasteiger partial charge is 0.437 e. The molecular formula is C14H13F3O2. The molecule has 1 aromatic rings. The van der Waals surface area contributed by atoms with Crippen LogP contribution in [0.25, 0.3) is 0 Å². The van der Waals surface area contributed by atoms with E-state index in [1.165, 1.54) is 0 Å². The molecule has 0 aliphatic rings. The minimum Gasteiger partial charge on any atom is -0.439 e. The number of halogens is 3. The number of esters is 1. The first-order chi connectivity index (χ1) is 8.93. The second-order valence-corrected chi connectivity index (χ2v) is 3.80. The Morgan fingerprint density at radius 2 is 1.95 bits per heavy atom. The molecule has 0 saturated heterocycles. The van der Waals surface area contributed by atoms with E-state index < -0.39 is 18.2 Å². The van der Waals surface area contributed by atoms with Crippen LogP contribution >= 0.6 is 0 Å². The van der Waals surface area contributed by atoms with Crippen LogP contribution in [0.2, 0.25) is 0 Å². The summed E-state index contributed by atoms with van der Waals surface area (Å²) < 4.78 is 42.3. The average molecular weight is 270 g/mol. The van der Waals surface area contributed by atoms with Crippen LogP contribution in [0.4, 0.5) is 13.2 Å². The fraction of sp³-hybridized carbons (Fsp3) is 0.357. The predicted molar refractivity (Wildman–Crippen MR) is 64.2 cm³/mol. The summed E-state index contributed by atoms with van der Waals surface area (Å²) in [7, 11) is 0. The van der Waals surface area contributed by atoms with Crippen LogP contribution in [0, 0.1) is 11.8 Å². The maximum Gasteiger partial charge on any atom is 0.437 e. The summed E-state index contributed by atoms with van der Waals surface area (Å²) in [5.74, 6) is 3.40. The van der Waals surface area contributed by atoms with Gasteiger partial charge in [0.25, 0.3) is 6.10 Å². The number of carbonyl (C=O) groups is 1. The predicted octanol–water partition coefficient (Wildman–Crippen LogP) is 3.31. The van der Waals surface area contributed by atoms with Gasteiger partial charge in [-0.25, -0.2) is 0 Å². The molecule has 0 saturated carbocycles. The van der Waals surface area contributed by atoms with Crippen molar-refractivity contribution in [1.82, 2.24) is 0 Å². The first-order valence-electron chi connectivity index (χ1n) is 5.76. The van der Waals surface area contributed by atoms with E-state index in [1.807, 2.05) is 5.92 Å². The van der Waals surface area contributed by atoms with Crippen LogP contribution < -0.4 is 0 Å². The van der Waals surface area contributed by atoms with Gasteiger partial charge >= 0.3 is 12.1 Å². The second kappa shape index (κ2) is 6.83. The third-order valence-corrected chi connectivity index (χ3v) is 2.12. The van der Waals surface area contributed by atoms with Crippen LogP contribution in [-0.2, 0) is 9.53 Å². The van der Waals surface area contributed by atoms with Gasteiger partial charge in [-0.05, 0) is 24.5 Å². The Bertz CT molecular complexity index is 469. The molecule has 102 valence electrons. The molecule has 0 unspecified atom stereocenters. The van der Waals surface area contributed by atoms with Crippen molar-refractivity contribution in [1.29, 1.82) is 0 Å². The molecule has 0 aliphatic carbocycles. The van der Waals surface area contributed by atoms with E-state index in [0.717, 1.165) is 0 Å². The van der Waals surface area contributed by atoms with Gasteiger partial charge in [0.05, 0.1) is 0 Å². The molecule has 0 bridgehead atoms. The zero-order chi connectivity index (χ0) is 14.3. The highest BCUT2D eigenvalue weighted by Gasteiger charge is 2.41. The Morgan fingerprint density at radius 1 is 1.32 bits per heavy atom. The number of rotatable bonds is 3. The van der Waals surface area contributed by atoms with E-state index >= 15 is 0 Å². The van der Waals surface area contributed by atoms with Gasteiger partial charge < -0.3 is 4.74 Å². The number of carbonyl (C=O) groups excluding carboxylic acids is 1. The maximum absolute atomic E-state index is 12.6. The van der Waals surface area contributed by atoms with Crippen LogP contribution in [-0.4, -0.2) is 18.2 Å². The molecule has 0 amide bonds. The molecule has 0 N–H and O–H groups in total. The Morgan fingerprint density at radius 3 is 2.47 bits per heavy atom. The lowest BCUT2D eigenvalue weighted by Gasteiger charge is -2.15. The second-order valence-electron chi connectivity index (χ2n) is 3.80. The molecule has 1 aromatic carbocycles. The lowest BCUT2D eigenvalue weighted by molar-refractivity contribution is -0.205. The van der Waals surface area contributed by atoms with Crippen LogP contribution in [0.15, 0.2) is 30.3 Å². The van der Waals surface area contributed by atoms with Crippen molar-refractivity contribution in [2.75, 3.05) is 0 Å². The largest absolute Gasteiger partial charge is 0.439 e. The maximum atomic E-state index is 12.6. The normalized spacial score (nSPS) is 12.2. The summed E-state index contributed by atoms with van der Waals surface area (Å²) in [5, 5.41) is 0. The van der Waals surface area contributed by atoms with Gasteiger partial charge in [0, 0.05) is 12.0 Å². The summed E-state index contributed by atoms with van der Waals surface area (Å²) in [6, 6.07) is 8.21. The number of alkyl halides is 3. The molecule has 19 heavy (non-hydrogen) atoms. The zero-order valence-corrected chi connectivity index (χ0v) is 10.3. The summed E-state index contributed by atoms with van der Waals surface area (Å²) in [4.78, 5) is 11.1. The van der Waals surface area contributed by atoms with Crippen molar-refractivity contribution in [3.8, 4) is 11.8 Å². The number of hydrogen-bond acceptors (Lipinski definition) is 2. The summed E-state index contributed by atoms with van der Waals surface area (Å²) in [6.45, 7) is 1.68. The summed E-state index contributed by atoms with van der Waals surface area (Å²) in [5.41, 5.74) is 0.434. The van der Waals surface area contributed by atoms with E-state index in [2.05, 4.69) is 10.7 Å². The van der Waals surface area contributed by atoms with Crippen molar-refractivity contribution >= 4 is 5.97 Å². The highest BCUT2D eigenvalue weighted by molar-refractivity contribution is 5.69. The molecule has 0 fully saturated rings. The van der Waals surface area contributed by atoms with E-state index in [0.29, 0.717) is 12.0 Å². The molecule has 0 aliphatic heterocycles. The molecule has 0 spiro atoms. The van der Waals surface area contributed by atoms with Crippen molar-refractivity contribution in [3.63, 3.8) is 0 Å². The Kier molecular flexibility index (Phi) is 5.43. The van der Waals surface area contributed by atoms with Gasteiger partial charge in [0.2, 0.25) is 0 Å². The zero-order valence-electron chi connectivity index (χ0n) is 10.3. The Labute approximate surface area is 109 Å². The Balaban J connectivity index is 2.82. The highest BCUT2D eigenvalue weighted by Crippen LogP contribution is 2.23. The summed E-state index contributed by atoms with van der Waals surface area (Å²) >= 11 is 0. The lowest BCUT2D eigenvalue weighted by Crippen LogP contribution is -2.32. The van der Waals surface area contributed by atoms with Crippen molar-refractivity contribution in [2.45, 2.75) is 32.0 Å². The SMILES string of the molecule is CCCC(=O)O[C@@H](C#Cc1ccccc1)C(F)(F)F. The van der Waals surface area contributed by atoms with E-state index in [4.69, 9.17) is 0 Å². The molecule has 0 heterocycles. The van der Waals surface area contributed by atoms with Gasteiger partial charge in [-0.3, -0.25) is 4.79 Å². The van der Waals surface area contributed by atoms with Crippen molar-refractivity contribution in [2.24, 2.45) is 0 Å². The summed E-state index contributed by atoms with van der Waals surface area (Å²) in [6.07, 6.45) is -6.70. The van der Waals surface area contributed by atoms with Gasteiger partial charge in [0.1, 0.15) is 0 Å². The van der Waals surface area contributed by atoms with Crippen molar-refractivity contribution < 1.29 is 22.7 Å². The van der Waals surface area contributed by atoms with Crippen molar-refractivity contribution in [3.05, 3.63) is 35.9 Å². The number of ether oxygens (including phenoxy) is 1. The molecular weight excluding hydrogens is 257 g/mol. The van der Waals surface area contributed by atoms with Crippen LogP contribution in [0.5, 0.6) is 0 Å². The molecule has 5 heteroatoms. The molecule has 1 atom stereocenters. The lowest BCUT2D eigenvalue weighted by atomic mass is 10.2. The third kappa shape index (κ3) is 5.47. The fourth-order valence-electron chi connectivity index (χ4n) is 1.24. The molecule has 0 aromatic heterocycles. The van der Waals surface area contributed by atoms with Gasteiger partial charge in [-0.15, -0.1) is 0 Å². The first-order valence-corrected chi connectivity index (χ1v) is 5.76. The topological polar surface area (TPSA) is 26.3 Å². The molecule has 2 nitrogen and oxygen atoms in total. The average Bonchev–Trinajstić information content (AvgIpc) is 2.34. The number of hydrogen-bond donors (Lipinski definition) is 0. The quantitative estimate of drug-likeness (QED) is 0.622. The van der Waals surface area contributed by atoms with Gasteiger partial charge in [0.15, 0.2) is 0 Å². The van der Waals surface area contributed by atoms with E-state index in [9.17, 15) is 18.0 Å². The van der Waals surface area contributed by atoms with Crippen LogP contribution in [0.3, 0.4) is 0 Å². The molecule has 1 rings (SSSR count). The van der Waals surface area contributed by atoms with Crippen LogP contribution in [0.1, 0.15) is 25.3 Å². The fourth-order valence-corrected chi connectivity index (χ4v) is 1.24. The minimum atomic E-state index is -4.69. The van der Waals surface area contributed by atoms with Gasteiger partial charge in [-0.2, -0.15) is 13.2 Å². The number of benzene rings is 1. The van der Waals surface area contributed by atoms with E-state index in [1.54, 1.807) is 37.3 Å². The first kappa shape index (κ1) is 15.1. The standard InChI is InChI=1S/C14H13F3O2/c1-2-6-13(18)19-12(14(15,16)17)10-9-11-7-4-3-5-8-11/h3-5,7-8,12H,2,6H2,1H3/t12-/m0/s1. The monoisotopic (exact) mass is 270 g/mol. The van der Waals surface area contributed by atoms with Gasteiger partial charge in [-0.1, -0.05) is 31.0 Å². The third-order valence-electron chi connectivity index (χ3n) is 2.12. The minimum absolute atomic E-state index is 0.0560. The Hall–Kier alpha value is -1.96. The van der Waals surface area contributed by atoms with E-state index in [-0.39, 0.29) is 6.42 Å². The molecule has 0 radical (unpaired) electrons.